The van der Waals surface area contributed by atoms with Crippen molar-refractivity contribution >= 4 is 17.5 Å². The molecule has 1 heterocycles. The first-order valence-electron chi connectivity index (χ1n) is 8.83. The second kappa shape index (κ2) is 7.20. The van der Waals surface area contributed by atoms with E-state index in [-0.39, 0.29) is 11.8 Å². The number of hydrogen-bond donors (Lipinski definition) is 1. The lowest BCUT2D eigenvalue weighted by atomic mass is 9.99. The molecule has 2 aromatic rings. The number of anilines is 1. The first kappa shape index (κ1) is 18.0. The van der Waals surface area contributed by atoms with Crippen LogP contribution in [0.5, 0.6) is 5.75 Å². The molecule has 0 saturated heterocycles. The number of fused-ring (bicyclic) bond motifs is 1. The van der Waals surface area contributed by atoms with Crippen LogP contribution in [0.3, 0.4) is 0 Å². The molecule has 0 aliphatic carbocycles. The molecule has 2 aromatic carbocycles. The van der Waals surface area contributed by atoms with Gasteiger partial charge in [-0.2, -0.15) is 0 Å². The molecule has 1 N–H and O–H groups in total. The number of carbonyl (C=O) groups is 2. The van der Waals surface area contributed by atoms with Gasteiger partial charge in [0.1, 0.15) is 11.8 Å². The van der Waals surface area contributed by atoms with Crippen molar-refractivity contribution in [2.24, 2.45) is 0 Å². The molecule has 1 aliphatic rings. The normalized spacial score (nSPS) is 15.8. The highest BCUT2D eigenvalue weighted by Crippen LogP contribution is 2.42. The quantitative estimate of drug-likeness (QED) is 0.897. The topological polar surface area (TPSA) is 58.6 Å². The number of hydrogen-bond acceptors (Lipinski definition) is 3. The van der Waals surface area contributed by atoms with Gasteiger partial charge in [0.2, 0.25) is 5.91 Å². The van der Waals surface area contributed by atoms with Gasteiger partial charge in [-0.05, 0) is 38.0 Å². The van der Waals surface area contributed by atoms with E-state index in [1.807, 2.05) is 57.2 Å². The summed E-state index contributed by atoms with van der Waals surface area (Å²) in [4.78, 5) is 26.6. The van der Waals surface area contributed by atoms with Crippen LogP contribution in [0, 0.1) is 13.8 Å². The maximum atomic E-state index is 13.1. The molecule has 136 valence electrons. The number of carbonyl (C=O) groups excluding carboxylic acids is 2. The van der Waals surface area contributed by atoms with Gasteiger partial charge < -0.3 is 15.0 Å². The number of para-hydroxylation sites is 1. The maximum absolute atomic E-state index is 13.1. The van der Waals surface area contributed by atoms with Gasteiger partial charge in [0, 0.05) is 18.1 Å². The Morgan fingerprint density at radius 1 is 1.15 bits per heavy atom. The van der Waals surface area contributed by atoms with Gasteiger partial charge in [-0.1, -0.05) is 30.3 Å². The first-order valence-corrected chi connectivity index (χ1v) is 8.83. The number of amides is 2. The standard InChI is InChI=1S/C21H24N2O3/c1-5-26-17-9-7-6-8-16(17)12-23-20-14(3)11-10-13(2)18(20)19(21(23)25)22-15(4)24/h6-11,19H,5,12H2,1-4H3,(H,22,24)/t19-/m0/s1. The Morgan fingerprint density at radius 2 is 1.85 bits per heavy atom. The Hall–Kier alpha value is -2.82. The van der Waals surface area contributed by atoms with Crippen LogP contribution in [-0.2, 0) is 16.1 Å². The maximum Gasteiger partial charge on any atom is 0.254 e. The highest BCUT2D eigenvalue weighted by Gasteiger charge is 2.40. The van der Waals surface area contributed by atoms with Crippen LogP contribution >= 0.6 is 0 Å². The third kappa shape index (κ3) is 3.17. The van der Waals surface area contributed by atoms with Crippen LogP contribution < -0.4 is 15.0 Å². The summed E-state index contributed by atoms with van der Waals surface area (Å²) in [5.74, 6) is 0.448. The van der Waals surface area contributed by atoms with Gasteiger partial charge >= 0.3 is 0 Å². The van der Waals surface area contributed by atoms with E-state index >= 15 is 0 Å². The molecule has 0 spiro atoms. The van der Waals surface area contributed by atoms with Crippen LogP contribution in [0.4, 0.5) is 5.69 Å². The van der Waals surface area contributed by atoms with Crippen LogP contribution in [-0.4, -0.2) is 18.4 Å². The highest BCUT2D eigenvalue weighted by atomic mass is 16.5. The molecule has 0 saturated carbocycles. The van der Waals surface area contributed by atoms with E-state index in [1.165, 1.54) is 6.92 Å². The van der Waals surface area contributed by atoms with Gasteiger partial charge in [-0.3, -0.25) is 9.59 Å². The third-order valence-corrected chi connectivity index (χ3v) is 4.66. The van der Waals surface area contributed by atoms with E-state index < -0.39 is 6.04 Å². The number of aryl methyl sites for hydroxylation is 2. The minimum Gasteiger partial charge on any atom is -0.494 e. The van der Waals surface area contributed by atoms with E-state index in [9.17, 15) is 9.59 Å². The molecule has 2 amide bonds. The minimum atomic E-state index is -0.637. The summed E-state index contributed by atoms with van der Waals surface area (Å²) in [6, 6.07) is 11.1. The largest absolute Gasteiger partial charge is 0.494 e. The van der Waals surface area contributed by atoms with Crippen LogP contribution in [0.2, 0.25) is 0 Å². The van der Waals surface area contributed by atoms with Gasteiger partial charge in [0.25, 0.3) is 5.91 Å². The lowest BCUT2D eigenvalue weighted by Crippen LogP contribution is -2.36. The Balaban J connectivity index is 2.05. The second-order valence-electron chi connectivity index (χ2n) is 6.56. The zero-order valence-electron chi connectivity index (χ0n) is 15.6. The van der Waals surface area contributed by atoms with Crippen molar-refractivity contribution in [1.29, 1.82) is 0 Å². The number of nitrogens with zero attached hydrogens (tertiary/aromatic N) is 1. The van der Waals surface area contributed by atoms with Crippen molar-refractivity contribution < 1.29 is 14.3 Å². The number of ether oxygens (including phenoxy) is 1. The summed E-state index contributed by atoms with van der Waals surface area (Å²) < 4.78 is 5.71. The number of rotatable bonds is 5. The third-order valence-electron chi connectivity index (χ3n) is 4.66. The van der Waals surface area contributed by atoms with Crippen molar-refractivity contribution in [2.75, 3.05) is 11.5 Å². The minimum absolute atomic E-state index is 0.112. The second-order valence-corrected chi connectivity index (χ2v) is 6.56. The number of nitrogens with one attached hydrogen (secondary N) is 1. The molecular formula is C21H24N2O3. The van der Waals surface area contributed by atoms with E-state index in [2.05, 4.69) is 5.32 Å². The molecule has 26 heavy (non-hydrogen) atoms. The smallest absolute Gasteiger partial charge is 0.254 e. The molecule has 0 unspecified atom stereocenters. The van der Waals surface area contributed by atoms with Crippen molar-refractivity contribution in [1.82, 2.24) is 5.32 Å². The average Bonchev–Trinajstić information content (AvgIpc) is 2.87. The summed E-state index contributed by atoms with van der Waals surface area (Å²) in [5.41, 5.74) is 4.73. The Bertz CT molecular complexity index is 860. The molecule has 0 fully saturated rings. The monoisotopic (exact) mass is 352 g/mol. The highest BCUT2D eigenvalue weighted by molar-refractivity contribution is 6.07. The Labute approximate surface area is 154 Å². The fraction of sp³-hybridized carbons (Fsp3) is 0.333. The van der Waals surface area contributed by atoms with E-state index in [4.69, 9.17) is 4.74 Å². The molecule has 0 aromatic heterocycles. The summed E-state index contributed by atoms with van der Waals surface area (Å²) in [6.45, 7) is 8.30. The Kier molecular flexibility index (Phi) is 4.98. The predicted molar refractivity (Wildman–Crippen MR) is 101 cm³/mol. The van der Waals surface area contributed by atoms with Gasteiger partial charge in [0.05, 0.1) is 18.8 Å². The first-order chi connectivity index (χ1) is 12.4. The summed E-state index contributed by atoms with van der Waals surface area (Å²) in [6.07, 6.45) is 0. The summed E-state index contributed by atoms with van der Waals surface area (Å²) in [5, 5.41) is 2.81. The zero-order valence-corrected chi connectivity index (χ0v) is 15.6. The summed E-state index contributed by atoms with van der Waals surface area (Å²) >= 11 is 0. The van der Waals surface area contributed by atoms with Crippen molar-refractivity contribution in [3.8, 4) is 5.75 Å². The van der Waals surface area contributed by atoms with Gasteiger partial charge in [0.15, 0.2) is 0 Å². The SMILES string of the molecule is CCOc1ccccc1CN1C(=O)[C@@H](NC(C)=O)c2c(C)ccc(C)c21. The van der Waals surface area contributed by atoms with Crippen molar-refractivity contribution in [2.45, 2.75) is 40.3 Å². The van der Waals surface area contributed by atoms with E-state index in [0.717, 1.165) is 33.7 Å². The fourth-order valence-corrected chi connectivity index (χ4v) is 3.53. The molecule has 5 nitrogen and oxygen atoms in total. The lowest BCUT2D eigenvalue weighted by molar-refractivity contribution is -0.126. The molecular weight excluding hydrogens is 328 g/mol. The van der Waals surface area contributed by atoms with Crippen LogP contribution in [0.1, 0.15) is 42.1 Å². The van der Waals surface area contributed by atoms with E-state index in [0.29, 0.717) is 13.2 Å². The van der Waals surface area contributed by atoms with Crippen LogP contribution in [0.15, 0.2) is 36.4 Å². The predicted octanol–water partition coefficient (Wildman–Crippen LogP) is 3.43. The molecule has 0 radical (unpaired) electrons. The molecule has 1 aliphatic heterocycles. The van der Waals surface area contributed by atoms with Crippen molar-refractivity contribution in [3.05, 3.63) is 58.7 Å². The molecule has 0 bridgehead atoms. The fourth-order valence-electron chi connectivity index (χ4n) is 3.53. The average molecular weight is 352 g/mol. The summed E-state index contributed by atoms with van der Waals surface area (Å²) in [7, 11) is 0. The molecule has 1 atom stereocenters. The molecule has 5 heteroatoms. The number of benzene rings is 2. The van der Waals surface area contributed by atoms with Crippen LogP contribution in [0.25, 0.3) is 0 Å². The molecule has 3 rings (SSSR count). The van der Waals surface area contributed by atoms with Gasteiger partial charge in [-0.15, -0.1) is 0 Å². The van der Waals surface area contributed by atoms with E-state index in [1.54, 1.807) is 4.90 Å². The lowest BCUT2D eigenvalue weighted by Gasteiger charge is -2.21. The van der Waals surface area contributed by atoms with Crippen molar-refractivity contribution in [3.63, 3.8) is 0 Å². The Morgan fingerprint density at radius 3 is 2.54 bits per heavy atom. The van der Waals surface area contributed by atoms with Gasteiger partial charge in [-0.25, -0.2) is 0 Å². The zero-order chi connectivity index (χ0) is 18.8.